The van der Waals surface area contributed by atoms with Crippen LogP contribution in [-0.4, -0.2) is 17.8 Å². The lowest BCUT2D eigenvalue weighted by atomic mass is 9.96. The molecule has 0 aromatic heterocycles. The number of urea groups is 1. The van der Waals surface area contributed by atoms with Crippen molar-refractivity contribution in [2.45, 2.75) is 48.8 Å². The Morgan fingerprint density at radius 1 is 1.25 bits per heavy atom. The number of alkyl halides is 2. The zero-order chi connectivity index (χ0) is 14.4. The number of carbonyl (C=O) groups excluding carboxylic acids is 1. The van der Waals surface area contributed by atoms with Crippen molar-refractivity contribution in [1.29, 1.82) is 0 Å². The third-order valence-corrected chi connectivity index (χ3v) is 3.96. The highest BCUT2D eigenvalue weighted by molar-refractivity contribution is 7.99. The third kappa shape index (κ3) is 5.00. The summed E-state index contributed by atoms with van der Waals surface area (Å²) >= 11 is 0.470. The van der Waals surface area contributed by atoms with Gasteiger partial charge in [-0.1, -0.05) is 37.1 Å². The Morgan fingerprint density at radius 2 is 2.00 bits per heavy atom. The van der Waals surface area contributed by atoms with Gasteiger partial charge < -0.3 is 10.6 Å². The molecule has 2 amide bonds. The minimum Gasteiger partial charge on any atom is -0.335 e. The van der Waals surface area contributed by atoms with Crippen LogP contribution in [0.3, 0.4) is 0 Å². The van der Waals surface area contributed by atoms with Gasteiger partial charge in [-0.15, -0.1) is 0 Å². The van der Waals surface area contributed by atoms with Crippen molar-refractivity contribution in [2.75, 3.05) is 5.32 Å². The molecule has 0 saturated heterocycles. The molecule has 0 bridgehead atoms. The maximum atomic E-state index is 12.3. The molecule has 1 fully saturated rings. The molecule has 1 aromatic rings. The molecule has 1 saturated carbocycles. The summed E-state index contributed by atoms with van der Waals surface area (Å²) in [7, 11) is 0. The van der Waals surface area contributed by atoms with Crippen LogP contribution in [0.2, 0.25) is 0 Å². The van der Waals surface area contributed by atoms with Gasteiger partial charge in [0.2, 0.25) is 0 Å². The molecule has 1 aliphatic carbocycles. The highest BCUT2D eigenvalue weighted by atomic mass is 32.2. The maximum Gasteiger partial charge on any atom is 0.319 e. The fourth-order valence-electron chi connectivity index (χ4n) is 2.35. The second kappa shape index (κ2) is 7.47. The van der Waals surface area contributed by atoms with E-state index in [-0.39, 0.29) is 12.1 Å². The zero-order valence-electron chi connectivity index (χ0n) is 11.1. The molecule has 1 aromatic carbocycles. The van der Waals surface area contributed by atoms with Crippen molar-refractivity contribution < 1.29 is 13.6 Å². The number of hydrogen-bond acceptors (Lipinski definition) is 2. The summed E-state index contributed by atoms with van der Waals surface area (Å²) in [6.45, 7) is 0. The minimum absolute atomic E-state index is 0.224. The Kier molecular flexibility index (Phi) is 5.64. The maximum absolute atomic E-state index is 12.3. The van der Waals surface area contributed by atoms with E-state index in [4.69, 9.17) is 0 Å². The predicted octanol–water partition coefficient (Wildman–Crippen LogP) is 4.46. The van der Waals surface area contributed by atoms with E-state index in [1.165, 1.54) is 6.42 Å². The lowest BCUT2D eigenvalue weighted by Gasteiger charge is -2.22. The van der Waals surface area contributed by atoms with Gasteiger partial charge in [-0.05, 0) is 31.0 Å². The monoisotopic (exact) mass is 300 g/mol. The second-order valence-electron chi connectivity index (χ2n) is 4.84. The molecule has 0 spiro atoms. The Bertz CT molecular complexity index is 451. The highest BCUT2D eigenvalue weighted by Gasteiger charge is 2.15. The number of thioether (sulfide) groups is 1. The molecule has 0 unspecified atom stereocenters. The number of halogens is 2. The van der Waals surface area contributed by atoms with Crippen molar-refractivity contribution in [2.24, 2.45) is 0 Å². The van der Waals surface area contributed by atoms with Crippen molar-refractivity contribution in [3.63, 3.8) is 0 Å². The van der Waals surface area contributed by atoms with Gasteiger partial charge in [-0.3, -0.25) is 0 Å². The van der Waals surface area contributed by atoms with Crippen LogP contribution in [0.1, 0.15) is 32.1 Å². The van der Waals surface area contributed by atoms with Crippen LogP contribution in [0.15, 0.2) is 29.2 Å². The summed E-state index contributed by atoms with van der Waals surface area (Å²) in [6, 6.07) is 6.45. The predicted molar refractivity (Wildman–Crippen MR) is 77.3 cm³/mol. The van der Waals surface area contributed by atoms with Crippen LogP contribution < -0.4 is 10.6 Å². The summed E-state index contributed by atoms with van der Waals surface area (Å²) in [5, 5.41) is 5.62. The van der Waals surface area contributed by atoms with Gasteiger partial charge in [0.15, 0.2) is 0 Å². The quantitative estimate of drug-likeness (QED) is 0.806. The Hall–Kier alpha value is -1.30. The van der Waals surface area contributed by atoms with Crippen LogP contribution >= 0.6 is 11.8 Å². The molecule has 3 nitrogen and oxygen atoms in total. The molecular formula is C14H18F2N2OS. The first-order valence-electron chi connectivity index (χ1n) is 6.76. The van der Waals surface area contributed by atoms with Crippen LogP contribution in [0.25, 0.3) is 0 Å². The van der Waals surface area contributed by atoms with E-state index in [9.17, 15) is 13.6 Å². The van der Waals surface area contributed by atoms with Gasteiger partial charge in [0.05, 0.1) is 0 Å². The van der Waals surface area contributed by atoms with Crippen molar-refractivity contribution >= 4 is 23.5 Å². The highest BCUT2D eigenvalue weighted by Crippen LogP contribution is 2.27. The first-order valence-corrected chi connectivity index (χ1v) is 7.64. The van der Waals surface area contributed by atoms with Gasteiger partial charge in [-0.2, -0.15) is 8.78 Å². The zero-order valence-corrected chi connectivity index (χ0v) is 11.9. The van der Waals surface area contributed by atoms with Crippen LogP contribution in [0.4, 0.5) is 19.3 Å². The molecule has 0 radical (unpaired) electrons. The number of rotatable bonds is 4. The number of amides is 2. The van der Waals surface area contributed by atoms with E-state index in [2.05, 4.69) is 10.6 Å². The minimum atomic E-state index is -2.46. The molecule has 1 aliphatic rings. The van der Waals surface area contributed by atoms with Crippen LogP contribution in [-0.2, 0) is 0 Å². The van der Waals surface area contributed by atoms with E-state index in [1.54, 1.807) is 24.3 Å². The van der Waals surface area contributed by atoms with Gasteiger partial charge >= 0.3 is 6.03 Å². The third-order valence-electron chi connectivity index (χ3n) is 3.26. The molecule has 0 heterocycles. The van der Waals surface area contributed by atoms with Crippen molar-refractivity contribution in [1.82, 2.24) is 5.32 Å². The fraction of sp³-hybridized carbons (Fsp3) is 0.500. The normalized spacial score (nSPS) is 16.1. The fourth-order valence-corrected chi connectivity index (χ4v) is 2.91. The summed E-state index contributed by atoms with van der Waals surface area (Å²) in [5.41, 5.74) is 0.531. The number of benzene rings is 1. The van der Waals surface area contributed by atoms with E-state index >= 15 is 0 Å². The summed E-state index contributed by atoms with van der Waals surface area (Å²) in [4.78, 5) is 12.3. The Balaban J connectivity index is 1.86. The summed E-state index contributed by atoms with van der Waals surface area (Å²) < 4.78 is 24.6. The molecule has 0 atom stereocenters. The molecule has 20 heavy (non-hydrogen) atoms. The van der Waals surface area contributed by atoms with Gasteiger partial charge in [-0.25, -0.2) is 4.79 Å². The van der Waals surface area contributed by atoms with E-state index < -0.39 is 5.76 Å². The Morgan fingerprint density at radius 3 is 2.70 bits per heavy atom. The Labute approximate surface area is 121 Å². The number of anilines is 1. The first-order chi connectivity index (χ1) is 9.63. The molecule has 6 heteroatoms. The van der Waals surface area contributed by atoms with Gasteiger partial charge in [0, 0.05) is 16.6 Å². The SMILES string of the molecule is O=C(Nc1cccc(SC(F)F)c1)NC1CCCCC1. The average Bonchev–Trinajstić information content (AvgIpc) is 2.39. The molecule has 0 aliphatic heterocycles. The molecular weight excluding hydrogens is 282 g/mol. The molecule has 2 N–H and O–H groups in total. The van der Waals surface area contributed by atoms with Crippen molar-refractivity contribution in [3.05, 3.63) is 24.3 Å². The first kappa shape index (κ1) is 15.1. The topological polar surface area (TPSA) is 41.1 Å². The number of carbonyl (C=O) groups is 1. The lowest BCUT2D eigenvalue weighted by molar-refractivity contribution is 0.244. The van der Waals surface area contributed by atoms with Crippen molar-refractivity contribution in [3.8, 4) is 0 Å². The molecule has 2 rings (SSSR count). The van der Waals surface area contributed by atoms with E-state index in [0.717, 1.165) is 25.7 Å². The average molecular weight is 300 g/mol. The van der Waals surface area contributed by atoms with E-state index in [0.29, 0.717) is 22.3 Å². The number of nitrogens with one attached hydrogen (secondary N) is 2. The molecule has 110 valence electrons. The summed E-state index contributed by atoms with van der Waals surface area (Å²) in [5.74, 6) is -2.46. The number of hydrogen-bond donors (Lipinski definition) is 2. The van der Waals surface area contributed by atoms with Crippen LogP contribution in [0, 0.1) is 0 Å². The summed E-state index contributed by atoms with van der Waals surface area (Å²) in [6.07, 6.45) is 5.53. The smallest absolute Gasteiger partial charge is 0.319 e. The largest absolute Gasteiger partial charge is 0.335 e. The second-order valence-corrected chi connectivity index (χ2v) is 5.90. The standard InChI is InChI=1S/C14H18F2N2OS/c15-13(16)20-12-8-4-7-11(9-12)18-14(19)17-10-5-2-1-3-6-10/h4,7-10,13H,1-3,5-6H2,(H2,17,18,19). The van der Waals surface area contributed by atoms with Gasteiger partial charge in [0.25, 0.3) is 5.76 Å². The van der Waals surface area contributed by atoms with E-state index in [1.807, 2.05) is 0 Å². The lowest BCUT2D eigenvalue weighted by Crippen LogP contribution is -2.39. The van der Waals surface area contributed by atoms with Crippen LogP contribution in [0.5, 0.6) is 0 Å². The van der Waals surface area contributed by atoms with Gasteiger partial charge in [0.1, 0.15) is 0 Å².